The minimum Gasteiger partial charge on any atom is -0.383 e. The van der Waals surface area contributed by atoms with Gasteiger partial charge in [0.25, 0.3) is 0 Å². The van der Waals surface area contributed by atoms with Crippen molar-refractivity contribution in [2.75, 3.05) is 26.0 Å². The molecule has 0 radical (unpaired) electrons. The van der Waals surface area contributed by atoms with Crippen LogP contribution in [-0.2, 0) is 20.9 Å². The molecule has 2 heterocycles. The summed E-state index contributed by atoms with van der Waals surface area (Å²) >= 11 is 7.57. The average Bonchev–Trinajstić information content (AvgIpc) is 3.06. The molecule has 0 unspecified atom stereocenters. The topological polar surface area (TPSA) is 64.4 Å². The first-order valence-corrected chi connectivity index (χ1v) is 9.07. The van der Waals surface area contributed by atoms with E-state index >= 15 is 0 Å². The number of nitrogens with zero attached hydrogens (tertiary/aromatic N) is 3. The van der Waals surface area contributed by atoms with Gasteiger partial charge in [0.15, 0.2) is 5.16 Å². The van der Waals surface area contributed by atoms with E-state index < -0.39 is 0 Å². The van der Waals surface area contributed by atoms with Crippen LogP contribution in [0.25, 0.3) is 11.0 Å². The normalized spacial score (nSPS) is 15.0. The summed E-state index contributed by atoms with van der Waals surface area (Å²) in [5.74, 6) is 0.446. The van der Waals surface area contributed by atoms with Gasteiger partial charge in [0, 0.05) is 43.8 Å². The molecule has 6 nitrogen and oxygen atoms in total. The van der Waals surface area contributed by atoms with Gasteiger partial charge in [0.05, 0.1) is 17.6 Å². The maximum Gasteiger partial charge on any atom is 0.229 e. The van der Waals surface area contributed by atoms with Crippen molar-refractivity contribution >= 4 is 46.2 Å². The predicted octanol–water partition coefficient (Wildman–Crippen LogP) is 2.58. The van der Waals surface area contributed by atoms with Gasteiger partial charge < -0.3 is 9.30 Å². The Hall–Kier alpha value is -1.57. The molecule has 24 heavy (non-hydrogen) atoms. The number of carbonyl (C=O) groups excluding carboxylic acids is 2. The number of ether oxygens (including phenoxy) is 1. The number of amides is 2. The molecule has 1 aliphatic heterocycles. The van der Waals surface area contributed by atoms with Crippen molar-refractivity contribution in [3.63, 3.8) is 0 Å². The lowest BCUT2D eigenvalue weighted by atomic mass is 10.3. The number of hydrogen-bond acceptors (Lipinski definition) is 5. The van der Waals surface area contributed by atoms with Crippen LogP contribution in [0.1, 0.15) is 12.8 Å². The van der Waals surface area contributed by atoms with Crippen LogP contribution in [-0.4, -0.2) is 52.3 Å². The molecule has 3 rings (SSSR count). The van der Waals surface area contributed by atoms with Crippen LogP contribution < -0.4 is 0 Å². The van der Waals surface area contributed by atoms with E-state index in [0.29, 0.717) is 43.3 Å². The van der Waals surface area contributed by atoms with E-state index in [1.165, 1.54) is 16.7 Å². The number of thioether (sulfide) groups is 1. The molecule has 1 aromatic heterocycles. The van der Waals surface area contributed by atoms with Gasteiger partial charge in [-0.1, -0.05) is 23.4 Å². The molecule has 2 amide bonds. The number of carbonyl (C=O) groups is 2. The van der Waals surface area contributed by atoms with Gasteiger partial charge in [0.1, 0.15) is 0 Å². The van der Waals surface area contributed by atoms with Gasteiger partial charge in [-0.2, -0.15) is 0 Å². The second-order valence-corrected chi connectivity index (χ2v) is 6.96. The Morgan fingerprint density at radius 3 is 2.71 bits per heavy atom. The molecular weight excluding hydrogens is 350 g/mol. The third kappa shape index (κ3) is 3.58. The monoisotopic (exact) mass is 367 g/mol. The van der Waals surface area contributed by atoms with Crippen LogP contribution >= 0.6 is 23.4 Å². The van der Waals surface area contributed by atoms with E-state index in [0.717, 1.165) is 16.2 Å². The van der Waals surface area contributed by atoms with Crippen LogP contribution in [0.4, 0.5) is 0 Å². The van der Waals surface area contributed by atoms with Crippen molar-refractivity contribution in [1.82, 2.24) is 14.5 Å². The van der Waals surface area contributed by atoms with Gasteiger partial charge >= 0.3 is 0 Å². The van der Waals surface area contributed by atoms with Gasteiger partial charge in [0.2, 0.25) is 11.8 Å². The minimum absolute atomic E-state index is 0.0831. The summed E-state index contributed by atoms with van der Waals surface area (Å²) in [5, 5.41) is 1.48. The number of imide groups is 1. The second kappa shape index (κ2) is 7.55. The summed E-state index contributed by atoms with van der Waals surface area (Å²) in [7, 11) is 1.66. The lowest BCUT2D eigenvalue weighted by molar-refractivity contribution is -0.137. The zero-order chi connectivity index (χ0) is 17.1. The van der Waals surface area contributed by atoms with Crippen LogP contribution in [0.5, 0.6) is 0 Å². The fourth-order valence-electron chi connectivity index (χ4n) is 2.69. The number of halogens is 1. The highest BCUT2D eigenvalue weighted by molar-refractivity contribution is 7.99. The molecule has 1 fully saturated rings. The highest BCUT2D eigenvalue weighted by atomic mass is 35.5. The Kier molecular flexibility index (Phi) is 5.43. The van der Waals surface area contributed by atoms with E-state index in [-0.39, 0.29) is 11.8 Å². The van der Waals surface area contributed by atoms with Crippen molar-refractivity contribution in [3.05, 3.63) is 23.2 Å². The zero-order valence-corrected chi connectivity index (χ0v) is 14.9. The number of imidazole rings is 1. The van der Waals surface area contributed by atoms with Crippen LogP contribution in [0, 0.1) is 0 Å². The molecule has 0 saturated carbocycles. The van der Waals surface area contributed by atoms with Gasteiger partial charge in [-0.3, -0.25) is 14.5 Å². The van der Waals surface area contributed by atoms with Gasteiger partial charge in [-0.05, 0) is 18.2 Å². The number of aromatic nitrogens is 2. The van der Waals surface area contributed by atoms with Crippen molar-refractivity contribution in [1.29, 1.82) is 0 Å². The number of methoxy groups -OCH3 is 1. The first-order valence-electron chi connectivity index (χ1n) is 7.71. The van der Waals surface area contributed by atoms with Gasteiger partial charge in [-0.25, -0.2) is 4.98 Å². The SMILES string of the molecule is COCCn1c(SCCN2C(=O)CCC2=O)nc2cc(Cl)ccc21. The third-order valence-corrected chi connectivity index (χ3v) is 5.09. The van der Waals surface area contributed by atoms with Gasteiger partial charge in [-0.15, -0.1) is 0 Å². The van der Waals surface area contributed by atoms with Crippen LogP contribution in [0.15, 0.2) is 23.4 Å². The second-order valence-electron chi connectivity index (χ2n) is 5.46. The summed E-state index contributed by atoms with van der Waals surface area (Å²) in [5.41, 5.74) is 1.82. The molecule has 0 bridgehead atoms. The Morgan fingerprint density at radius 1 is 1.25 bits per heavy atom. The van der Waals surface area contributed by atoms with Crippen molar-refractivity contribution in [2.24, 2.45) is 0 Å². The largest absolute Gasteiger partial charge is 0.383 e. The number of fused-ring (bicyclic) bond motifs is 1. The van der Waals surface area contributed by atoms with E-state index in [1.807, 2.05) is 18.2 Å². The maximum absolute atomic E-state index is 11.7. The number of rotatable bonds is 7. The summed E-state index contributed by atoms with van der Waals surface area (Å²) < 4.78 is 7.25. The molecule has 0 aliphatic carbocycles. The Labute approximate surface area is 149 Å². The zero-order valence-electron chi connectivity index (χ0n) is 13.3. The Morgan fingerprint density at radius 2 is 2.00 bits per heavy atom. The summed E-state index contributed by atoms with van der Waals surface area (Å²) in [6, 6.07) is 5.61. The fourth-order valence-corrected chi connectivity index (χ4v) is 3.82. The predicted molar refractivity (Wildman–Crippen MR) is 93.3 cm³/mol. The smallest absolute Gasteiger partial charge is 0.229 e. The third-order valence-electron chi connectivity index (χ3n) is 3.90. The highest BCUT2D eigenvalue weighted by Gasteiger charge is 2.28. The highest BCUT2D eigenvalue weighted by Crippen LogP contribution is 2.26. The lowest BCUT2D eigenvalue weighted by Gasteiger charge is -2.13. The molecule has 1 aliphatic rings. The fraction of sp³-hybridized carbons (Fsp3) is 0.438. The number of benzene rings is 1. The van der Waals surface area contributed by atoms with E-state index in [1.54, 1.807) is 7.11 Å². The molecular formula is C16H18ClN3O3S. The first kappa shape index (κ1) is 17.3. The van der Waals surface area contributed by atoms with Crippen molar-refractivity contribution in [2.45, 2.75) is 24.5 Å². The molecule has 8 heteroatoms. The van der Waals surface area contributed by atoms with Crippen LogP contribution in [0.2, 0.25) is 5.02 Å². The van der Waals surface area contributed by atoms with E-state index in [2.05, 4.69) is 9.55 Å². The minimum atomic E-state index is -0.0831. The molecule has 0 spiro atoms. The summed E-state index contributed by atoms with van der Waals surface area (Å²) in [6.45, 7) is 1.67. The Bertz CT molecular complexity index is 761. The number of likely N-dealkylation sites (tertiary alicyclic amines) is 1. The summed E-state index contributed by atoms with van der Waals surface area (Å²) in [4.78, 5) is 29.3. The Balaban J connectivity index is 1.75. The van der Waals surface area contributed by atoms with Crippen molar-refractivity contribution in [3.8, 4) is 0 Å². The van der Waals surface area contributed by atoms with Crippen molar-refractivity contribution < 1.29 is 14.3 Å². The standard InChI is InChI=1S/C16H18ClN3O3S/c1-23-8-6-19-13-3-2-11(17)10-12(13)18-16(19)24-9-7-20-14(21)4-5-15(20)22/h2-3,10H,4-9H2,1H3. The van der Waals surface area contributed by atoms with E-state index in [4.69, 9.17) is 16.3 Å². The quantitative estimate of drug-likeness (QED) is 0.556. The average molecular weight is 368 g/mol. The molecule has 0 atom stereocenters. The molecule has 1 saturated heterocycles. The first-order chi connectivity index (χ1) is 11.6. The van der Waals surface area contributed by atoms with Crippen LogP contribution in [0.3, 0.4) is 0 Å². The molecule has 1 aromatic carbocycles. The number of hydrogen-bond donors (Lipinski definition) is 0. The summed E-state index contributed by atoms with van der Waals surface area (Å²) in [6.07, 6.45) is 0.655. The molecule has 128 valence electrons. The van der Waals surface area contributed by atoms with E-state index in [9.17, 15) is 9.59 Å². The molecule has 2 aromatic rings. The maximum atomic E-state index is 11.7. The molecule has 0 N–H and O–H groups in total. The lowest BCUT2D eigenvalue weighted by Crippen LogP contribution is -2.31.